The maximum absolute atomic E-state index is 13.1. The molecule has 0 bridgehead atoms. The Labute approximate surface area is 151 Å². The van der Waals surface area contributed by atoms with Gasteiger partial charge in [-0.05, 0) is 31.0 Å². The third-order valence-electron chi connectivity index (χ3n) is 5.04. The van der Waals surface area contributed by atoms with E-state index in [1.165, 1.54) is 4.68 Å². The minimum atomic E-state index is -0.226. The number of amides is 1. The molecule has 1 aromatic heterocycles. The van der Waals surface area contributed by atoms with Crippen LogP contribution in [-0.2, 0) is 11.3 Å². The van der Waals surface area contributed by atoms with Crippen molar-refractivity contribution in [3.8, 4) is 0 Å². The molecule has 1 aliphatic carbocycles. The van der Waals surface area contributed by atoms with Gasteiger partial charge in [-0.2, -0.15) is 5.10 Å². The fourth-order valence-electron chi connectivity index (χ4n) is 3.75. The highest BCUT2D eigenvalue weighted by molar-refractivity contribution is 5.94. The number of carbonyl (C=O) groups excluding carboxylic acids is 1. The Morgan fingerprint density at radius 1 is 1.04 bits per heavy atom. The van der Waals surface area contributed by atoms with Crippen molar-refractivity contribution in [1.82, 2.24) is 9.78 Å². The van der Waals surface area contributed by atoms with Crippen molar-refractivity contribution in [2.45, 2.75) is 38.3 Å². The van der Waals surface area contributed by atoms with E-state index in [0.29, 0.717) is 5.39 Å². The molecule has 132 valence electrons. The lowest BCUT2D eigenvalue weighted by Crippen LogP contribution is -2.42. The molecule has 0 radical (unpaired) electrons. The second-order valence-electron chi connectivity index (χ2n) is 6.73. The fourth-order valence-corrected chi connectivity index (χ4v) is 3.75. The summed E-state index contributed by atoms with van der Waals surface area (Å²) in [6, 6.07) is 17.2. The van der Waals surface area contributed by atoms with Gasteiger partial charge in [-0.1, -0.05) is 49.2 Å². The molecule has 1 amide bonds. The highest BCUT2D eigenvalue weighted by Gasteiger charge is 2.28. The monoisotopic (exact) mass is 347 g/mol. The van der Waals surface area contributed by atoms with E-state index in [0.717, 1.165) is 36.8 Å². The number of benzene rings is 2. The third kappa shape index (κ3) is 3.12. The number of carbonyl (C=O) groups is 1. The van der Waals surface area contributed by atoms with E-state index in [1.807, 2.05) is 53.4 Å². The summed E-state index contributed by atoms with van der Waals surface area (Å²) >= 11 is 0. The molecule has 1 fully saturated rings. The van der Waals surface area contributed by atoms with Crippen LogP contribution in [0.3, 0.4) is 0 Å². The standard InChI is InChI=1S/C21H21N3O2/c25-20(15-23-21(26)19-13-7-4-8-16(19)14-22-23)24(18-11-5-6-12-18)17-9-2-1-3-10-17/h1-4,7-10,13-14,18H,5-6,11-12,15H2. The molecule has 5 nitrogen and oxygen atoms in total. The van der Waals surface area contributed by atoms with Gasteiger partial charge in [-0.15, -0.1) is 0 Å². The number of hydrogen-bond donors (Lipinski definition) is 0. The third-order valence-corrected chi connectivity index (χ3v) is 5.04. The molecule has 0 aliphatic heterocycles. The topological polar surface area (TPSA) is 55.2 Å². The summed E-state index contributed by atoms with van der Waals surface area (Å²) in [7, 11) is 0. The summed E-state index contributed by atoms with van der Waals surface area (Å²) in [5.74, 6) is -0.0898. The van der Waals surface area contributed by atoms with Gasteiger partial charge in [0.25, 0.3) is 5.56 Å². The van der Waals surface area contributed by atoms with Crippen LogP contribution in [-0.4, -0.2) is 21.7 Å². The number of aromatic nitrogens is 2. The van der Waals surface area contributed by atoms with Crippen molar-refractivity contribution in [2.24, 2.45) is 0 Å². The first-order valence-corrected chi connectivity index (χ1v) is 9.06. The van der Waals surface area contributed by atoms with Gasteiger partial charge in [0.2, 0.25) is 5.91 Å². The first-order valence-electron chi connectivity index (χ1n) is 9.06. The van der Waals surface area contributed by atoms with Crippen LogP contribution < -0.4 is 10.5 Å². The van der Waals surface area contributed by atoms with Crippen LogP contribution in [0.15, 0.2) is 65.6 Å². The van der Waals surface area contributed by atoms with Crippen molar-refractivity contribution in [3.05, 3.63) is 71.1 Å². The Morgan fingerprint density at radius 3 is 2.50 bits per heavy atom. The van der Waals surface area contributed by atoms with Crippen molar-refractivity contribution in [1.29, 1.82) is 0 Å². The SMILES string of the molecule is O=C(Cn1ncc2ccccc2c1=O)N(c1ccccc1)C1CCCC1. The van der Waals surface area contributed by atoms with Crippen LogP contribution in [0.5, 0.6) is 0 Å². The van der Waals surface area contributed by atoms with Gasteiger partial charge in [-0.3, -0.25) is 9.59 Å². The Hall–Kier alpha value is -2.95. The average Bonchev–Trinajstić information content (AvgIpc) is 3.19. The maximum atomic E-state index is 13.1. The molecular weight excluding hydrogens is 326 g/mol. The van der Waals surface area contributed by atoms with Gasteiger partial charge in [0.1, 0.15) is 6.54 Å². The molecule has 1 heterocycles. The van der Waals surface area contributed by atoms with E-state index < -0.39 is 0 Å². The lowest BCUT2D eigenvalue weighted by molar-refractivity contribution is -0.119. The van der Waals surface area contributed by atoms with Crippen molar-refractivity contribution in [2.75, 3.05) is 4.90 Å². The van der Waals surface area contributed by atoms with Gasteiger partial charge in [0.05, 0.1) is 11.6 Å². The Bertz CT molecular complexity index is 975. The molecule has 0 N–H and O–H groups in total. The van der Waals surface area contributed by atoms with Crippen LogP contribution in [0, 0.1) is 0 Å². The largest absolute Gasteiger partial charge is 0.308 e. The van der Waals surface area contributed by atoms with Gasteiger partial charge in [-0.25, -0.2) is 4.68 Å². The summed E-state index contributed by atoms with van der Waals surface area (Å²) < 4.78 is 1.27. The van der Waals surface area contributed by atoms with E-state index in [1.54, 1.807) is 12.3 Å². The van der Waals surface area contributed by atoms with Crippen LogP contribution >= 0.6 is 0 Å². The first kappa shape index (κ1) is 16.5. The van der Waals surface area contributed by atoms with E-state index in [4.69, 9.17) is 0 Å². The lowest BCUT2D eigenvalue weighted by atomic mass is 10.1. The molecule has 4 rings (SSSR count). The zero-order chi connectivity index (χ0) is 17.9. The molecular formula is C21H21N3O2. The maximum Gasteiger partial charge on any atom is 0.275 e. The highest BCUT2D eigenvalue weighted by Crippen LogP contribution is 2.28. The quantitative estimate of drug-likeness (QED) is 0.727. The molecule has 1 aliphatic rings. The predicted molar refractivity (Wildman–Crippen MR) is 102 cm³/mol. The smallest absolute Gasteiger partial charge is 0.275 e. The second kappa shape index (κ2) is 7.12. The average molecular weight is 347 g/mol. The molecule has 0 spiro atoms. The van der Waals surface area contributed by atoms with Gasteiger partial charge in [0, 0.05) is 17.1 Å². The minimum absolute atomic E-state index is 0.0466. The number of rotatable bonds is 4. The summed E-state index contributed by atoms with van der Waals surface area (Å²) in [6.07, 6.45) is 5.92. The Kier molecular flexibility index (Phi) is 4.52. The Morgan fingerprint density at radius 2 is 1.73 bits per heavy atom. The zero-order valence-corrected chi connectivity index (χ0v) is 14.5. The zero-order valence-electron chi connectivity index (χ0n) is 14.5. The normalized spacial score (nSPS) is 14.6. The van der Waals surface area contributed by atoms with Crippen LogP contribution in [0.2, 0.25) is 0 Å². The summed E-state index contributed by atoms with van der Waals surface area (Å²) in [4.78, 5) is 27.6. The molecule has 0 atom stereocenters. The van der Waals surface area contributed by atoms with Crippen molar-refractivity contribution in [3.63, 3.8) is 0 Å². The van der Waals surface area contributed by atoms with E-state index in [2.05, 4.69) is 5.10 Å². The molecule has 2 aromatic carbocycles. The number of hydrogen-bond acceptors (Lipinski definition) is 3. The Balaban J connectivity index is 1.67. The summed E-state index contributed by atoms with van der Waals surface area (Å²) in [5.41, 5.74) is 0.661. The van der Waals surface area contributed by atoms with E-state index in [-0.39, 0.29) is 24.1 Å². The molecule has 26 heavy (non-hydrogen) atoms. The second-order valence-corrected chi connectivity index (χ2v) is 6.73. The molecule has 1 saturated carbocycles. The molecule has 3 aromatic rings. The van der Waals surface area contributed by atoms with Crippen LogP contribution in [0.1, 0.15) is 25.7 Å². The first-order chi connectivity index (χ1) is 12.7. The van der Waals surface area contributed by atoms with Crippen molar-refractivity contribution >= 4 is 22.4 Å². The van der Waals surface area contributed by atoms with Gasteiger partial charge >= 0.3 is 0 Å². The number of anilines is 1. The molecule has 5 heteroatoms. The molecule has 0 saturated heterocycles. The lowest BCUT2D eigenvalue weighted by Gasteiger charge is -2.29. The number of fused-ring (bicyclic) bond motifs is 1. The van der Waals surface area contributed by atoms with E-state index >= 15 is 0 Å². The van der Waals surface area contributed by atoms with Crippen LogP contribution in [0.25, 0.3) is 10.8 Å². The highest BCUT2D eigenvalue weighted by atomic mass is 16.2. The fraction of sp³-hybridized carbons (Fsp3) is 0.286. The van der Waals surface area contributed by atoms with Crippen molar-refractivity contribution < 1.29 is 4.79 Å². The number of nitrogens with zero attached hydrogens (tertiary/aromatic N) is 3. The predicted octanol–water partition coefficient (Wildman–Crippen LogP) is 3.37. The summed E-state index contributed by atoms with van der Waals surface area (Å²) in [5, 5.41) is 5.58. The number of para-hydroxylation sites is 1. The minimum Gasteiger partial charge on any atom is -0.308 e. The summed E-state index contributed by atoms with van der Waals surface area (Å²) in [6.45, 7) is -0.0466. The van der Waals surface area contributed by atoms with Gasteiger partial charge < -0.3 is 4.90 Å². The van der Waals surface area contributed by atoms with E-state index in [9.17, 15) is 9.59 Å². The van der Waals surface area contributed by atoms with Gasteiger partial charge in [0.15, 0.2) is 0 Å². The van der Waals surface area contributed by atoms with Crippen LogP contribution in [0.4, 0.5) is 5.69 Å². The molecule has 0 unspecified atom stereocenters.